The molecular formula is C12H19N3O. The number of hydrogen-bond acceptors (Lipinski definition) is 3. The number of primary amides is 1. The number of carbonyl (C=O) groups is 1. The van der Waals surface area contributed by atoms with Crippen molar-refractivity contribution in [2.45, 2.75) is 13.3 Å². The molecule has 0 aliphatic rings. The maximum Gasteiger partial charge on any atom is 0.221 e. The van der Waals surface area contributed by atoms with E-state index in [9.17, 15) is 4.79 Å². The summed E-state index contributed by atoms with van der Waals surface area (Å²) in [5, 5.41) is 0. The molecule has 0 spiro atoms. The Hall–Kier alpha value is -1.42. The molecule has 1 unspecified atom stereocenters. The Morgan fingerprint density at radius 2 is 2.12 bits per heavy atom. The third kappa shape index (κ3) is 4.40. The summed E-state index contributed by atoms with van der Waals surface area (Å²) in [4.78, 5) is 17.0. The average molecular weight is 221 g/mol. The van der Waals surface area contributed by atoms with Gasteiger partial charge in [-0.05, 0) is 31.2 Å². The number of nitrogens with two attached hydrogens (primary N) is 1. The highest BCUT2D eigenvalue weighted by molar-refractivity contribution is 5.76. The van der Waals surface area contributed by atoms with Gasteiger partial charge in [-0.2, -0.15) is 0 Å². The number of carbonyl (C=O) groups excluding carboxylic acids is 1. The average Bonchev–Trinajstić information content (AvgIpc) is 2.27. The zero-order chi connectivity index (χ0) is 12.0. The minimum atomic E-state index is -0.240. The first-order chi connectivity index (χ1) is 7.59. The standard InChI is InChI=1S/C12H19N3O/c1-10(12(13)16)9-15(2)8-5-11-3-6-14-7-4-11/h3-4,6-7,10H,5,8-9H2,1-2H3,(H2,13,16). The second-order valence-electron chi connectivity index (χ2n) is 4.17. The Balaban J connectivity index is 2.30. The second-order valence-corrected chi connectivity index (χ2v) is 4.17. The first-order valence-electron chi connectivity index (χ1n) is 5.46. The summed E-state index contributed by atoms with van der Waals surface area (Å²) in [5.41, 5.74) is 6.48. The fraction of sp³-hybridized carbons (Fsp3) is 0.500. The van der Waals surface area contributed by atoms with Crippen molar-refractivity contribution < 1.29 is 4.79 Å². The van der Waals surface area contributed by atoms with Crippen molar-refractivity contribution in [3.05, 3.63) is 30.1 Å². The summed E-state index contributed by atoms with van der Waals surface area (Å²) >= 11 is 0. The normalized spacial score (nSPS) is 12.7. The lowest BCUT2D eigenvalue weighted by Gasteiger charge is -2.19. The van der Waals surface area contributed by atoms with Gasteiger partial charge in [0.05, 0.1) is 0 Å². The Bertz CT molecular complexity index is 326. The third-order valence-electron chi connectivity index (χ3n) is 2.60. The minimum absolute atomic E-state index is 0.0950. The third-order valence-corrected chi connectivity index (χ3v) is 2.60. The van der Waals surface area contributed by atoms with Gasteiger partial charge in [0.15, 0.2) is 0 Å². The molecule has 1 heterocycles. The summed E-state index contributed by atoms with van der Waals surface area (Å²) in [6.07, 6.45) is 4.55. The Kier molecular flexibility index (Phi) is 4.92. The van der Waals surface area contributed by atoms with Crippen LogP contribution in [0.3, 0.4) is 0 Å². The molecule has 0 aromatic carbocycles. The Labute approximate surface area is 96.5 Å². The van der Waals surface area contributed by atoms with E-state index in [0.717, 1.165) is 13.0 Å². The van der Waals surface area contributed by atoms with E-state index in [0.29, 0.717) is 6.54 Å². The van der Waals surface area contributed by atoms with Gasteiger partial charge in [0.25, 0.3) is 0 Å². The van der Waals surface area contributed by atoms with E-state index in [2.05, 4.69) is 9.88 Å². The van der Waals surface area contributed by atoms with Crippen LogP contribution in [-0.4, -0.2) is 35.9 Å². The lowest BCUT2D eigenvalue weighted by Crippen LogP contribution is -2.33. The smallest absolute Gasteiger partial charge is 0.221 e. The van der Waals surface area contributed by atoms with Crippen LogP contribution in [0.1, 0.15) is 12.5 Å². The lowest BCUT2D eigenvalue weighted by molar-refractivity contribution is -0.121. The predicted molar refractivity (Wildman–Crippen MR) is 63.8 cm³/mol. The van der Waals surface area contributed by atoms with Crippen LogP contribution in [0, 0.1) is 5.92 Å². The fourth-order valence-corrected chi connectivity index (χ4v) is 1.52. The van der Waals surface area contributed by atoms with Gasteiger partial charge >= 0.3 is 0 Å². The maximum atomic E-state index is 10.9. The molecule has 1 atom stereocenters. The summed E-state index contributed by atoms with van der Waals surface area (Å²) < 4.78 is 0. The SMILES string of the molecule is CC(CN(C)CCc1ccncc1)C(N)=O. The molecule has 0 radical (unpaired) electrons. The van der Waals surface area contributed by atoms with Gasteiger partial charge in [-0.15, -0.1) is 0 Å². The fourth-order valence-electron chi connectivity index (χ4n) is 1.52. The van der Waals surface area contributed by atoms with E-state index in [-0.39, 0.29) is 11.8 Å². The largest absolute Gasteiger partial charge is 0.369 e. The number of likely N-dealkylation sites (N-methyl/N-ethyl adjacent to an activating group) is 1. The van der Waals surface area contributed by atoms with Crippen molar-refractivity contribution in [3.63, 3.8) is 0 Å². The van der Waals surface area contributed by atoms with Gasteiger partial charge in [0.1, 0.15) is 0 Å². The van der Waals surface area contributed by atoms with E-state index < -0.39 is 0 Å². The molecule has 1 amide bonds. The quantitative estimate of drug-likeness (QED) is 0.768. The van der Waals surface area contributed by atoms with Gasteiger partial charge in [-0.25, -0.2) is 0 Å². The number of amides is 1. The van der Waals surface area contributed by atoms with E-state index in [4.69, 9.17) is 5.73 Å². The molecule has 88 valence electrons. The monoisotopic (exact) mass is 221 g/mol. The predicted octanol–water partition coefficient (Wildman–Crippen LogP) is 0.677. The molecular weight excluding hydrogens is 202 g/mol. The Morgan fingerprint density at radius 1 is 1.50 bits per heavy atom. The van der Waals surface area contributed by atoms with E-state index in [1.165, 1.54) is 5.56 Å². The molecule has 4 heteroatoms. The second kappa shape index (κ2) is 6.23. The maximum absolute atomic E-state index is 10.9. The van der Waals surface area contributed by atoms with Crippen LogP contribution in [0.5, 0.6) is 0 Å². The van der Waals surface area contributed by atoms with Crippen molar-refractivity contribution in [1.29, 1.82) is 0 Å². The van der Waals surface area contributed by atoms with Gasteiger partial charge in [0, 0.05) is 31.4 Å². The summed E-state index contributed by atoms with van der Waals surface area (Å²) in [7, 11) is 2.00. The highest BCUT2D eigenvalue weighted by Crippen LogP contribution is 2.01. The molecule has 1 aromatic heterocycles. The first-order valence-corrected chi connectivity index (χ1v) is 5.46. The van der Waals surface area contributed by atoms with Crippen molar-refractivity contribution in [1.82, 2.24) is 9.88 Å². The van der Waals surface area contributed by atoms with Crippen LogP contribution >= 0.6 is 0 Å². The lowest BCUT2D eigenvalue weighted by atomic mass is 10.1. The molecule has 4 nitrogen and oxygen atoms in total. The van der Waals surface area contributed by atoms with Crippen LogP contribution in [0.15, 0.2) is 24.5 Å². The summed E-state index contributed by atoms with van der Waals surface area (Å²) in [5.74, 6) is -0.335. The molecule has 0 saturated carbocycles. The molecule has 2 N–H and O–H groups in total. The van der Waals surface area contributed by atoms with Crippen LogP contribution < -0.4 is 5.73 Å². The summed E-state index contributed by atoms with van der Waals surface area (Å²) in [6, 6.07) is 4.01. The molecule has 0 aliphatic heterocycles. The van der Waals surface area contributed by atoms with E-state index in [1.54, 1.807) is 12.4 Å². The van der Waals surface area contributed by atoms with Crippen LogP contribution in [0.4, 0.5) is 0 Å². The van der Waals surface area contributed by atoms with Gasteiger partial charge in [-0.1, -0.05) is 6.92 Å². The van der Waals surface area contributed by atoms with Crippen molar-refractivity contribution in [3.8, 4) is 0 Å². The first kappa shape index (κ1) is 12.6. The molecule has 1 aromatic rings. The highest BCUT2D eigenvalue weighted by atomic mass is 16.1. The van der Waals surface area contributed by atoms with Gasteiger partial charge in [0.2, 0.25) is 5.91 Å². The van der Waals surface area contributed by atoms with Crippen molar-refractivity contribution >= 4 is 5.91 Å². The number of pyridine rings is 1. The van der Waals surface area contributed by atoms with Crippen LogP contribution in [-0.2, 0) is 11.2 Å². The number of aromatic nitrogens is 1. The molecule has 16 heavy (non-hydrogen) atoms. The van der Waals surface area contributed by atoms with Crippen LogP contribution in [0.25, 0.3) is 0 Å². The molecule has 1 rings (SSSR count). The molecule has 0 saturated heterocycles. The van der Waals surface area contributed by atoms with E-state index >= 15 is 0 Å². The number of rotatable bonds is 6. The molecule has 0 bridgehead atoms. The summed E-state index contributed by atoms with van der Waals surface area (Å²) in [6.45, 7) is 3.48. The highest BCUT2D eigenvalue weighted by Gasteiger charge is 2.11. The van der Waals surface area contributed by atoms with Crippen molar-refractivity contribution in [2.75, 3.05) is 20.1 Å². The number of nitrogens with zero attached hydrogens (tertiary/aromatic N) is 2. The molecule has 0 aliphatic carbocycles. The number of hydrogen-bond donors (Lipinski definition) is 1. The van der Waals surface area contributed by atoms with Gasteiger partial charge < -0.3 is 10.6 Å². The van der Waals surface area contributed by atoms with Gasteiger partial charge in [-0.3, -0.25) is 9.78 Å². The molecule has 0 fully saturated rings. The Morgan fingerprint density at radius 3 is 2.69 bits per heavy atom. The van der Waals surface area contributed by atoms with Crippen molar-refractivity contribution in [2.24, 2.45) is 11.7 Å². The zero-order valence-electron chi connectivity index (χ0n) is 9.89. The zero-order valence-corrected chi connectivity index (χ0v) is 9.89. The van der Waals surface area contributed by atoms with E-state index in [1.807, 2.05) is 26.1 Å². The van der Waals surface area contributed by atoms with Crippen LogP contribution in [0.2, 0.25) is 0 Å². The topological polar surface area (TPSA) is 59.2 Å². The minimum Gasteiger partial charge on any atom is -0.369 e.